The summed E-state index contributed by atoms with van der Waals surface area (Å²) < 4.78 is 6.10. The molecule has 1 saturated carbocycles. The molecular weight excluding hydrogens is 332 g/mol. The van der Waals surface area contributed by atoms with Gasteiger partial charge >= 0.3 is 6.03 Å². The summed E-state index contributed by atoms with van der Waals surface area (Å²) in [5, 5.41) is 4.02. The Balaban J connectivity index is 1.47. The Labute approximate surface area is 152 Å². The van der Waals surface area contributed by atoms with Crippen molar-refractivity contribution >= 4 is 22.8 Å². The van der Waals surface area contributed by atoms with Crippen LogP contribution in [0, 0.1) is 0 Å². The normalized spacial score (nSPS) is 19.7. The molecule has 3 rings (SSSR count). The molecule has 1 aromatic carbocycles. The second-order valence-electron chi connectivity index (χ2n) is 6.71. The lowest BCUT2D eigenvalue weighted by atomic mass is 9.93. The largest absolute Gasteiger partial charge is 0.490 e. The summed E-state index contributed by atoms with van der Waals surface area (Å²) in [5.41, 5.74) is 6.08. The number of hydrogen-bond donors (Lipinski definition) is 2. The minimum absolute atomic E-state index is 0.0170. The van der Waals surface area contributed by atoms with Crippen molar-refractivity contribution in [3.8, 4) is 5.75 Å². The van der Waals surface area contributed by atoms with Gasteiger partial charge in [-0.2, -0.15) is 0 Å². The van der Waals surface area contributed by atoms with Crippen molar-refractivity contribution in [3.63, 3.8) is 0 Å². The van der Waals surface area contributed by atoms with Gasteiger partial charge in [0.2, 0.25) is 5.91 Å². The molecule has 2 aromatic rings. The molecule has 138 valence electrons. The maximum Gasteiger partial charge on any atom is 0.314 e. The zero-order valence-corrected chi connectivity index (χ0v) is 14.9. The number of ether oxygens (including phenoxy) is 1. The smallest absolute Gasteiger partial charge is 0.314 e. The number of nitrogens with zero attached hydrogens (tertiary/aromatic N) is 2. The van der Waals surface area contributed by atoms with Gasteiger partial charge in [-0.3, -0.25) is 9.78 Å². The average molecular weight is 356 g/mol. The Morgan fingerprint density at radius 3 is 2.77 bits per heavy atom. The van der Waals surface area contributed by atoms with E-state index in [1.54, 1.807) is 6.20 Å². The fraction of sp³-hybridized carbons (Fsp3) is 0.421. The van der Waals surface area contributed by atoms with Gasteiger partial charge in [-0.05, 0) is 49.9 Å². The summed E-state index contributed by atoms with van der Waals surface area (Å²) in [7, 11) is 1.51. The van der Waals surface area contributed by atoms with Gasteiger partial charge in [0.05, 0.1) is 11.6 Å². The van der Waals surface area contributed by atoms with Gasteiger partial charge in [0.1, 0.15) is 12.3 Å². The minimum Gasteiger partial charge on any atom is -0.490 e. The summed E-state index contributed by atoms with van der Waals surface area (Å²) in [6.45, 7) is -0.0170. The van der Waals surface area contributed by atoms with E-state index in [0.29, 0.717) is 0 Å². The van der Waals surface area contributed by atoms with E-state index in [1.165, 1.54) is 11.9 Å². The predicted octanol–water partition coefficient (Wildman–Crippen LogP) is 2.05. The van der Waals surface area contributed by atoms with E-state index in [2.05, 4.69) is 10.3 Å². The second kappa shape index (κ2) is 8.03. The number of fused-ring (bicyclic) bond motifs is 1. The lowest BCUT2D eigenvalue weighted by molar-refractivity contribution is -0.122. The number of nitrogens with two attached hydrogens (primary N) is 1. The average Bonchev–Trinajstić information content (AvgIpc) is 2.63. The number of carbonyl (C=O) groups is 2. The number of primary amides is 1. The third-order valence-corrected chi connectivity index (χ3v) is 4.67. The van der Waals surface area contributed by atoms with Gasteiger partial charge in [-0.1, -0.05) is 6.07 Å². The Morgan fingerprint density at radius 1 is 1.27 bits per heavy atom. The quantitative estimate of drug-likeness (QED) is 0.857. The van der Waals surface area contributed by atoms with Crippen LogP contribution in [0.25, 0.3) is 10.9 Å². The first-order valence-corrected chi connectivity index (χ1v) is 8.82. The number of aromatic nitrogens is 1. The molecule has 1 aromatic heterocycles. The fourth-order valence-electron chi connectivity index (χ4n) is 3.21. The molecular formula is C19H24N4O3. The Morgan fingerprint density at radius 2 is 2.04 bits per heavy atom. The van der Waals surface area contributed by atoms with Gasteiger partial charge in [0.25, 0.3) is 0 Å². The number of nitrogens with one attached hydrogen (secondary N) is 1. The Kier molecular flexibility index (Phi) is 5.55. The van der Waals surface area contributed by atoms with E-state index < -0.39 is 6.03 Å². The molecule has 0 radical (unpaired) electrons. The van der Waals surface area contributed by atoms with E-state index in [9.17, 15) is 9.59 Å². The fourth-order valence-corrected chi connectivity index (χ4v) is 3.21. The molecule has 0 saturated heterocycles. The molecule has 1 heterocycles. The van der Waals surface area contributed by atoms with Crippen molar-refractivity contribution in [3.05, 3.63) is 36.5 Å². The molecule has 7 heteroatoms. The Hall–Kier alpha value is -2.83. The van der Waals surface area contributed by atoms with E-state index >= 15 is 0 Å². The summed E-state index contributed by atoms with van der Waals surface area (Å²) >= 11 is 0. The lowest BCUT2D eigenvalue weighted by Gasteiger charge is -2.30. The molecule has 0 atom stereocenters. The van der Waals surface area contributed by atoms with Gasteiger partial charge in [-0.25, -0.2) is 4.79 Å². The molecule has 1 fully saturated rings. The maximum atomic E-state index is 11.9. The van der Waals surface area contributed by atoms with Gasteiger partial charge in [-0.15, -0.1) is 0 Å². The topological polar surface area (TPSA) is 97.6 Å². The lowest BCUT2D eigenvalue weighted by Crippen LogP contribution is -2.45. The second-order valence-corrected chi connectivity index (χ2v) is 6.71. The zero-order chi connectivity index (χ0) is 18.5. The number of rotatable bonds is 5. The number of benzene rings is 1. The van der Waals surface area contributed by atoms with Crippen LogP contribution >= 0.6 is 0 Å². The van der Waals surface area contributed by atoms with Crippen LogP contribution in [-0.4, -0.2) is 47.6 Å². The molecule has 0 aliphatic heterocycles. The summed E-state index contributed by atoms with van der Waals surface area (Å²) in [5.74, 6) is 0.666. The van der Waals surface area contributed by atoms with Crippen LogP contribution in [0.4, 0.5) is 4.79 Å². The van der Waals surface area contributed by atoms with Gasteiger partial charge in [0.15, 0.2) is 0 Å². The highest BCUT2D eigenvalue weighted by Gasteiger charge is 2.24. The highest BCUT2D eigenvalue weighted by atomic mass is 16.5. The number of carbonyl (C=O) groups excluding carboxylic acids is 2. The minimum atomic E-state index is -0.608. The van der Waals surface area contributed by atoms with E-state index in [4.69, 9.17) is 10.5 Å². The van der Waals surface area contributed by atoms with E-state index in [-0.39, 0.29) is 24.6 Å². The molecule has 0 spiro atoms. The molecule has 1 aliphatic rings. The van der Waals surface area contributed by atoms with Crippen LogP contribution in [0.2, 0.25) is 0 Å². The number of likely N-dealkylation sites (N-methyl/N-ethyl adjacent to an activating group) is 1. The highest BCUT2D eigenvalue weighted by Crippen LogP contribution is 2.26. The van der Waals surface area contributed by atoms with Gasteiger partial charge in [0, 0.05) is 24.7 Å². The van der Waals surface area contributed by atoms with Crippen LogP contribution in [0.3, 0.4) is 0 Å². The van der Waals surface area contributed by atoms with Crippen LogP contribution in [0.1, 0.15) is 25.7 Å². The molecule has 3 N–H and O–H groups in total. The molecule has 3 amide bonds. The first kappa shape index (κ1) is 18.0. The number of hydrogen-bond acceptors (Lipinski definition) is 4. The highest BCUT2D eigenvalue weighted by molar-refractivity contribution is 5.83. The number of urea groups is 1. The maximum absolute atomic E-state index is 11.9. The molecule has 26 heavy (non-hydrogen) atoms. The SMILES string of the molecule is CN(CC(=O)NC1CCC(Oc2ccc3ncccc3c2)CC1)C(N)=O. The third kappa shape index (κ3) is 4.62. The summed E-state index contributed by atoms with van der Waals surface area (Å²) in [6, 6.07) is 9.36. The monoisotopic (exact) mass is 356 g/mol. The van der Waals surface area contributed by atoms with Crippen molar-refractivity contribution in [2.75, 3.05) is 13.6 Å². The molecule has 7 nitrogen and oxygen atoms in total. The molecule has 1 aliphatic carbocycles. The number of amides is 3. The van der Waals surface area contributed by atoms with Crippen molar-refractivity contribution in [1.29, 1.82) is 0 Å². The van der Waals surface area contributed by atoms with Crippen LogP contribution in [0.15, 0.2) is 36.5 Å². The van der Waals surface area contributed by atoms with Crippen molar-refractivity contribution < 1.29 is 14.3 Å². The molecule has 0 unspecified atom stereocenters. The van der Waals surface area contributed by atoms with E-state index in [1.807, 2.05) is 30.3 Å². The summed E-state index contributed by atoms with van der Waals surface area (Å²) in [6.07, 6.45) is 5.38. The number of pyridine rings is 1. The van der Waals surface area contributed by atoms with Crippen LogP contribution in [0.5, 0.6) is 5.75 Å². The van der Waals surface area contributed by atoms with Crippen LogP contribution in [-0.2, 0) is 4.79 Å². The van der Waals surface area contributed by atoms with E-state index in [0.717, 1.165) is 42.3 Å². The first-order chi connectivity index (χ1) is 12.5. The van der Waals surface area contributed by atoms with Crippen molar-refractivity contribution in [2.24, 2.45) is 5.73 Å². The Bertz CT molecular complexity index is 787. The molecule has 0 bridgehead atoms. The van der Waals surface area contributed by atoms with Crippen molar-refractivity contribution in [2.45, 2.75) is 37.8 Å². The van der Waals surface area contributed by atoms with Crippen LogP contribution < -0.4 is 15.8 Å². The van der Waals surface area contributed by atoms with Gasteiger partial charge < -0.3 is 20.7 Å². The zero-order valence-electron chi connectivity index (χ0n) is 14.9. The summed E-state index contributed by atoms with van der Waals surface area (Å²) in [4.78, 5) is 28.4. The predicted molar refractivity (Wildman–Crippen MR) is 98.8 cm³/mol. The third-order valence-electron chi connectivity index (χ3n) is 4.67. The standard InChI is InChI=1S/C19H24N4O3/c1-23(19(20)25)12-18(24)22-14-4-6-15(7-5-14)26-16-8-9-17-13(11-16)3-2-10-21-17/h2-3,8-11,14-15H,4-7,12H2,1H3,(H2,20,25)(H,22,24). The van der Waals surface area contributed by atoms with Crippen molar-refractivity contribution in [1.82, 2.24) is 15.2 Å². The first-order valence-electron chi connectivity index (χ1n) is 8.82.